The van der Waals surface area contributed by atoms with Crippen LogP contribution in [0.1, 0.15) is 32.1 Å². The fourth-order valence-electron chi connectivity index (χ4n) is 1.94. The lowest BCUT2D eigenvalue weighted by molar-refractivity contribution is 0.0634. The van der Waals surface area contributed by atoms with Gasteiger partial charge in [-0.2, -0.15) is 5.10 Å². The molecule has 0 aliphatic carbocycles. The Balaban J connectivity index is 1.94. The van der Waals surface area contributed by atoms with Crippen molar-refractivity contribution in [3.8, 4) is 0 Å². The lowest BCUT2D eigenvalue weighted by Gasteiger charge is -2.20. The van der Waals surface area contributed by atoms with Gasteiger partial charge in [0.1, 0.15) is 17.2 Å². The molecule has 0 bridgehead atoms. The molecule has 8 heteroatoms. The number of anilines is 1. The monoisotopic (exact) mass is 384 g/mol. The van der Waals surface area contributed by atoms with E-state index in [9.17, 15) is 4.79 Å². The molecule has 0 saturated heterocycles. The summed E-state index contributed by atoms with van der Waals surface area (Å²) in [5, 5.41) is 10.2. The first-order valence-electron chi connectivity index (χ1n) is 7.20. The molecule has 0 aliphatic heterocycles. The van der Waals surface area contributed by atoms with Crippen molar-refractivity contribution in [3.05, 3.63) is 34.3 Å². The first-order valence-corrected chi connectivity index (χ1v) is 8.00. The molecule has 2 heterocycles. The minimum atomic E-state index is -0.548. The van der Waals surface area contributed by atoms with Crippen molar-refractivity contribution in [3.63, 3.8) is 0 Å². The summed E-state index contributed by atoms with van der Waals surface area (Å²) in [7, 11) is 1.76. The van der Waals surface area contributed by atoms with Crippen LogP contribution in [0.5, 0.6) is 0 Å². The standard InChI is InChI=1S/C15H21BrN4O3/c1-15(2,3)23-14(21)19-13-10(8-18-20(13)4)7-17-9-11-5-6-12(16)22-11/h5-6,8,17H,7,9H2,1-4H3,(H,19,21). The Hall–Kier alpha value is -1.80. The molecule has 0 radical (unpaired) electrons. The Labute approximate surface area is 143 Å². The largest absolute Gasteiger partial charge is 0.453 e. The van der Waals surface area contributed by atoms with Crippen LogP contribution in [0.4, 0.5) is 10.6 Å². The number of amides is 1. The van der Waals surface area contributed by atoms with Gasteiger partial charge < -0.3 is 14.5 Å². The SMILES string of the molecule is Cn1ncc(CNCc2ccc(Br)o2)c1NC(=O)OC(C)(C)C. The van der Waals surface area contributed by atoms with E-state index in [0.717, 1.165) is 11.3 Å². The maximum Gasteiger partial charge on any atom is 0.413 e. The van der Waals surface area contributed by atoms with E-state index >= 15 is 0 Å². The van der Waals surface area contributed by atoms with Crippen LogP contribution in [0.3, 0.4) is 0 Å². The van der Waals surface area contributed by atoms with Crippen molar-refractivity contribution < 1.29 is 13.9 Å². The highest BCUT2D eigenvalue weighted by Crippen LogP contribution is 2.17. The molecule has 1 amide bonds. The minimum absolute atomic E-state index is 0.502. The van der Waals surface area contributed by atoms with Crippen LogP contribution in [0.25, 0.3) is 0 Å². The molecule has 126 valence electrons. The lowest BCUT2D eigenvalue weighted by atomic mass is 10.2. The Kier molecular flexibility index (Phi) is 5.48. The summed E-state index contributed by atoms with van der Waals surface area (Å²) < 4.78 is 13.0. The Morgan fingerprint density at radius 2 is 2.13 bits per heavy atom. The van der Waals surface area contributed by atoms with Gasteiger partial charge in [0, 0.05) is 19.2 Å². The second-order valence-corrected chi connectivity index (χ2v) is 6.86. The maximum absolute atomic E-state index is 11.9. The van der Waals surface area contributed by atoms with Crippen molar-refractivity contribution in [2.75, 3.05) is 5.32 Å². The minimum Gasteiger partial charge on any atom is -0.453 e. The van der Waals surface area contributed by atoms with Gasteiger partial charge in [0.15, 0.2) is 4.67 Å². The molecular weight excluding hydrogens is 364 g/mol. The van der Waals surface area contributed by atoms with E-state index in [1.807, 2.05) is 32.9 Å². The number of hydrogen-bond donors (Lipinski definition) is 2. The van der Waals surface area contributed by atoms with Gasteiger partial charge in [0.2, 0.25) is 0 Å². The molecule has 0 aliphatic rings. The predicted molar refractivity (Wildman–Crippen MR) is 90.0 cm³/mol. The molecule has 2 N–H and O–H groups in total. The van der Waals surface area contributed by atoms with Gasteiger partial charge in [-0.15, -0.1) is 0 Å². The number of halogens is 1. The summed E-state index contributed by atoms with van der Waals surface area (Å²) in [5.41, 5.74) is 0.317. The maximum atomic E-state index is 11.9. The third kappa shape index (κ3) is 5.40. The number of furan rings is 1. The molecule has 0 saturated carbocycles. The third-order valence-electron chi connectivity index (χ3n) is 2.88. The van der Waals surface area contributed by atoms with E-state index in [0.29, 0.717) is 23.6 Å². The predicted octanol–water partition coefficient (Wildman–Crippen LogP) is 3.41. The van der Waals surface area contributed by atoms with Crippen molar-refractivity contribution in [1.82, 2.24) is 15.1 Å². The molecule has 0 spiro atoms. The third-order valence-corrected chi connectivity index (χ3v) is 3.30. The number of aromatic nitrogens is 2. The number of carbonyl (C=O) groups excluding carboxylic acids is 1. The summed E-state index contributed by atoms with van der Waals surface area (Å²) in [6.45, 7) is 6.57. The van der Waals surface area contributed by atoms with Crippen LogP contribution in [-0.4, -0.2) is 21.5 Å². The van der Waals surface area contributed by atoms with Crippen LogP contribution in [0.15, 0.2) is 27.4 Å². The van der Waals surface area contributed by atoms with Crippen molar-refractivity contribution in [2.24, 2.45) is 7.05 Å². The van der Waals surface area contributed by atoms with Crippen LogP contribution < -0.4 is 10.6 Å². The van der Waals surface area contributed by atoms with Gasteiger partial charge in [-0.25, -0.2) is 4.79 Å². The molecule has 2 aromatic rings. The molecule has 23 heavy (non-hydrogen) atoms. The number of carbonyl (C=O) groups is 1. The average Bonchev–Trinajstić information content (AvgIpc) is 2.97. The van der Waals surface area contributed by atoms with E-state index < -0.39 is 11.7 Å². The summed E-state index contributed by atoms with van der Waals surface area (Å²) >= 11 is 3.27. The fourth-order valence-corrected chi connectivity index (χ4v) is 2.28. The van der Waals surface area contributed by atoms with Gasteiger partial charge in [-0.1, -0.05) is 0 Å². The zero-order valence-corrected chi connectivity index (χ0v) is 15.2. The molecular formula is C15H21BrN4O3. The molecule has 0 unspecified atom stereocenters. The molecule has 0 fully saturated rings. The summed E-state index contributed by atoms with van der Waals surface area (Å²) in [5.74, 6) is 1.43. The van der Waals surface area contributed by atoms with E-state index in [-0.39, 0.29) is 0 Å². The number of ether oxygens (including phenoxy) is 1. The summed E-state index contributed by atoms with van der Waals surface area (Å²) in [6.07, 6.45) is 1.20. The highest BCUT2D eigenvalue weighted by molar-refractivity contribution is 9.10. The van der Waals surface area contributed by atoms with Gasteiger partial charge in [-0.3, -0.25) is 10.00 Å². The fraction of sp³-hybridized carbons (Fsp3) is 0.467. The van der Waals surface area contributed by atoms with Gasteiger partial charge >= 0.3 is 6.09 Å². The molecule has 2 aromatic heterocycles. The summed E-state index contributed by atoms with van der Waals surface area (Å²) in [6, 6.07) is 3.73. The zero-order valence-electron chi connectivity index (χ0n) is 13.6. The zero-order chi connectivity index (χ0) is 17.0. The Bertz CT molecular complexity index is 673. The van der Waals surface area contributed by atoms with Crippen LogP contribution >= 0.6 is 15.9 Å². The van der Waals surface area contributed by atoms with Gasteiger partial charge in [0.05, 0.1) is 12.7 Å². The van der Waals surface area contributed by atoms with Crippen LogP contribution in [0, 0.1) is 0 Å². The first kappa shape index (κ1) is 17.6. The highest BCUT2D eigenvalue weighted by Gasteiger charge is 2.19. The number of hydrogen-bond acceptors (Lipinski definition) is 5. The second-order valence-electron chi connectivity index (χ2n) is 6.08. The molecule has 7 nitrogen and oxygen atoms in total. The van der Waals surface area contributed by atoms with E-state index in [4.69, 9.17) is 9.15 Å². The van der Waals surface area contributed by atoms with Gasteiger partial charge in [0.25, 0.3) is 0 Å². The van der Waals surface area contributed by atoms with E-state index in [1.54, 1.807) is 17.9 Å². The topological polar surface area (TPSA) is 81.3 Å². The molecule has 2 rings (SSSR count). The van der Waals surface area contributed by atoms with Crippen molar-refractivity contribution in [1.29, 1.82) is 0 Å². The Morgan fingerprint density at radius 3 is 2.74 bits per heavy atom. The molecule has 0 aromatic carbocycles. The van der Waals surface area contributed by atoms with Gasteiger partial charge in [-0.05, 0) is 48.8 Å². The molecule has 0 atom stereocenters. The normalized spacial score (nSPS) is 11.5. The number of nitrogens with zero attached hydrogens (tertiary/aromatic N) is 2. The lowest BCUT2D eigenvalue weighted by Crippen LogP contribution is -2.28. The van der Waals surface area contributed by atoms with Crippen molar-refractivity contribution in [2.45, 2.75) is 39.5 Å². The smallest absolute Gasteiger partial charge is 0.413 e. The number of aryl methyl sites for hydroxylation is 1. The number of rotatable bonds is 5. The van der Waals surface area contributed by atoms with Crippen LogP contribution in [0.2, 0.25) is 0 Å². The Morgan fingerprint density at radius 1 is 1.39 bits per heavy atom. The number of nitrogens with one attached hydrogen (secondary N) is 2. The summed E-state index contributed by atoms with van der Waals surface area (Å²) in [4.78, 5) is 11.9. The second kappa shape index (κ2) is 7.18. The van der Waals surface area contributed by atoms with Crippen LogP contribution in [-0.2, 0) is 24.9 Å². The quantitative estimate of drug-likeness (QED) is 0.825. The highest BCUT2D eigenvalue weighted by atomic mass is 79.9. The first-order chi connectivity index (χ1) is 10.7. The van der Waals surface area contributed by atoms with E-state index in [1.165, 1.54) is 0 Å². The average molecular weight is 385 g/mol. The van der Waals surface area contributed by atoms with E-state index in [2.05, 4.69) is 31.7 Å². The van der Waals surface area contributed by atoms with Crippen molar-refractivity contribution >= 4 is 27.8 Å².